The Bertz CT molecular complexity index is 487. The van der Waals surface area contributed by atoms with Crippen LogP contribution in [-0.4, -0.2) is 56.3 Å². The number of aliphatic hydroxyl groups excluding tert-OH is 1. The number of hydrogen-bond acceptors (Lipinski definition) is 4. The third-order valence-corrected chi connectivity index (χ3v) is 4.25. The summed E-state index contributed by atoms with van der Waals surface area (Å²) in [6, 6.07) is 7.78. The lowest BCUT2D eigenvalue weighted by Crippen LogP contribution is -2.35. The lowest BCUT2D eigenvalue weighted by atomic mass is 10.1. The number of carbonyl (C=O) groups is 1. The van der Waals surface area contributed by atoms with E-state index in [1.54, 1.807) is 0 Å². The summed E-state index contributed by atoms with van der Waals surface area (Å²) >= 11 is 0. The molecule has 0 aromatic heterocycles. The fourth-order valence-electron chi connectivity index (χ4n) is 2.98. The van der Waals surface area contributed by atoms with E-state index in [4.69, 9.17) is 0 Å². The average molecular weight is 305 g/mol. The normalized spacial score (nSPS) is 21.1. The zero-order valence-corrected chi connectivity index (χ0v) is 13.7. The van der Waals surface area contributed by atoms with Gasteiger partial charge in [0.15, 0.2) is 0 Å². The van der Waals surface area contributed by atoms with Gasteiger partial charge in [0.25, 0.3) is 0 Å². The van der Waals surface area contributed by atoms with E-state index < -0.39 is 0 Å². The van der Waals surface area contributed by atoms with Crippen molar-refractivity contribution >= 4 is 17.3 Å². The van der Waals surface area contributed by atoms with Crippen LogP contribution in [0.4, 0.5) is 11.4 Å². The third-order valence-electron chi connectivity index (χ3n) is 4.25. The van der Waals surface area contributed by atoms with Crippen molar-refractivity contribution in [2.45, 2.75) is 25.4 Å². The second-order valence-corrected chi connectivity index (χ2v) is 6.44. The van der Waals surface area contributed by atoms with Gasteiger partial charge < -0.3 is 15.3 Å². The van der Waals surface area contributed by atoms with Crippen molar-refractivity contribution < 1.29 is 9.90 Å². The Labute approximate surface area is 132 Å². The van der Waals surface area contributed by atoms with E-state index in [0.717, 1.165) is 37.2 Å². The van der Waals surface area contributed by atoms with Crippen LogP contribution < -0.4 is 10.2 Å². The fourth-order valence-corrected chi connectivity index (χ4v) is 2.98. The SMILES string of the molecule is CN(CC(=O)Nc1ccc(N(C)C)cc1)CC1CCCC1O. The van der Waals surface area contributed by atoms with E-state index in [-0.39, 0.29) is 12.0 Å². The second-order valence-electron chi connectivity index (χ2n) is 6.44. The van der Waals surface area contributed by atoms with Gasteiger partial charge in [0.1, 0.15) is 0 Å². The summed E-state index contributed by atoms with van der Waals surface area (Å²) in [6.45, 7) is 1.12. The van der Waals surface area contributed by atoms with Crippen molar-refractivity contribution in [3.05, 3.63) is 24.3 Å². The molecule has 0 heterocycles. The Morgan fingerprint density at radius 2 is 1.91 bits per heavy atom. The Kier molecular flexibility index (Phi) is 5.80. The molecular weight excluding hydrogens is 278 g/mol. The highest BCUT2D eigenvalue weighted by molar-refractivity contribution is 5.92. The van der Waals surface area contributed by atoms with E-state index in [1.165, 1.54) is 0 Å². The van der Waals surface area contributed by atoms with Crippen LogP contribution in [0.5, 0.6) is 0 Å². The summed E-state index contributed by atoms with van der Waals surface area (Å²) in [6.07, 6.45) is 2.83. The molecule has 1 aliphatic carbocycles. The first-order valence-corrected chi connectivity index (χ1v) is 7.89. The zero-order chi connectivity index (χ0) is 16.1. The first-order chi connectivity index (χ1) is 10.5. The van der Waals surface area contributed by atoms with Crippen LogP contribution in [0.2, 0.25) is 0 Å². The van der Waals surface area contributed by atoms with Crippen molar-refractivity contribution in [3.63, 3.8) is 0 Å². The maximum absolute atomic E-state index is 12.1. The molecular formula is C17H27N3O2. The summed E-state index contributed by atoms with van der Waals surface area (Å²) in [5, 5.41) is 12.8. The number of anilines is 2. The number of benzene rings is 1. The third kappa shape index (κ3) is 4.71. The molecule has 1 aliphatic rings. The van der Waals surface area contributed by atoms with Gasteiger partial charge in [-0.3, -0.25) is 9.69 Å². The van der Waals surface area contributed by atoms with Gasteiger partial charge in [-0.1, -0.05) is 6.42 Å². The molecule has 1 aromatic carbocycles. The molecule has 0 spiro atoms. The maximum Gasteiger partial charge on any atom is 0.238 e. The van der Waals surface area contributed by atoms with Crippen LogP contribution in [0.1, 0.15) is 19.3 Å². The first-order valence-electron chi connectivity index (χ1n) is 7.89. The molecule has 0 aliphatic heterocycles. The molecule has 2 unspecified atom stereocenters. The van der Waals surface area contributed by atoms with Crippen molar-refractivity contribution in [2.24, 2.45) is 5.92 Å². The van der Waals surface area contributed by atoms with Gasteiger partial charge in [0, 0.05) is 32.0 Å². The molecule has 5 nitrogen and oxygen atoms in total. The summed E-state index contributed by atoms with van der Waals surface area (Å²) < 4.78 is 0. The topological polar surface area (TPSA) is 55.8 Å². The van der Waals surface area contributed by atoms with E-state index in [2.05, 4.69) is 5.32 Å². The highest BCUT2D eigenvalue weighted by atomic mass is 16.3. The van der Waals surface area contributed by atoms with Gasteiger partial charge in [-0.05, 0) is 50.1 Å². The minimum atomic E-state index is -0.205. The van der Waals surface area contributed by atoms with Crippen LogP contribution in [0, 0.1) is 5.92 Å². The molecule has 1 saturated carbocycles. The molecule has 22 heavy (non-hydrogen) atoms. The number of aliphatic hydroxyl groups is 1. The second kappa shape index (κ2) is 7.61. The molecule has 1 amide bonds. The van der Waals surface area contributed by atoms with Crippen LogP contribution in [-0.2, 0) is 4.79 Å². The average Bonchev–Trinajstić information content (AvgIpc) is 2.84. The van der Waals surface area contributed by atoms with Crippen molar-refractivity contribution in [1.29, 1.82) is 0 Å². The molecule has 0 bridgehead atoms. The van der Waals surface area contributed by atoms with Gasteiger partial charge in [0.05, 0.1) is 12.6 Å². The van der Waals surface area contributed by atoms with Gasteiger partial charge in [0.2, 0.25) is 5.91 Å². The monoisotopic (exact) mass is 305 g/mol. The standard InChI is InChI=1S/C17H27N3O2/c1-19(2)15-9-7-14(8-10-15)18-17(22)12-20(3)11-13-5-4-6-16(13)21/h7-10,13,16,21H,4-6,11-12H2,1-3H3,(H,18,22). The van der Waals surface area contributed by atoms with Gasteiger partial charge in [-0.2, -0.15) is 0 Å². The first kappa shape index (κ1) is 16.8. The summed E-state index contributed by atoms with van der Waals surface area (Å²) in [4.78, 5) is 16.1. The molecule has 122 valence electrons. The molecule has 2 rings (SSSR count). The van der Waals surface area contributed by atoms with E-state index in [0.29, 0.717) is 12.5 Å². The van der Waals surface area contributed by atoms with Crippen molar-refractivity contribution in [1.82, 2.24) is 4.90 Å². The predicted molar refractivity (Wildman–Crippen MR) is 90.2 cm³/mol. The van der Waals surface area contributed by atoms with Crippen LogP contribution in [0.15, 0.2) is 24.3 Å². The summed E-state index contributed by atoms with van der Waals surface area (Å²) in [5.41, 5.74) is 1.91. The number of nitrogens with zero attached hydrogens (tertiary/aromatic N) is 2. The molecule has 0 radical (unpaired) electrons. The minimum absolute atomic E-state index is 0.0208. The van der Waals surface area contributed by atoms with Gasteiger partial charge in [-0.15, -0.1) is 0 Å². The Balaban J connectivity index is 1.79. The quantitative estimate of drug-likeness (QED) is 0.841. The number of hydrogen-bond donors (Lipinski definition) is 2. The molecule has 1 fully saturated rings. The number of nitrogens with one attached hydrogen (secondary N) is 1. The van der Waals surface area contributed by atoms with Gasteiger partial charge in [-0.25, -0.2) is 0 Å². The zero-order valence-electron chi connectivity index (χ0n) is 13.7. The van der Waals surface area contributed by atoms with Gasteiger partial charge >= 0.3 is 0 Å². The highest BCUT2D eigenvalue weighted by Gasteiger charge is 2.26. The Morgan fingerprint density at radius 1 is 1.23 bits per heavy atom. The maximum atomic E-state index is 12.1. The molecule has 5 heteroatoms. The largest absolute Gasteiger partial charge is 0.393 e. The van der Waals surface area contributed by atoms with Crippen molar-refractivity contribution in [3.8, 4) is 0 Å². The number of carbonyl (C=O) groups excluding carboxylic acids is 1. The minimum Gasteiger partial charge on any atom is -0.393 e. The summed E-state index contributed by atoms with van der Waals surface area (Å²) in [7, 11) is 5.90. The molecule has 2 N–H and O–H groups in total. The molecule has 0 saturated heterocycles. The predicted octanol–water partition coefficient (Wildman–Crippen LogP) is 1.78. The van der Waals surface area contributed by atoms with Crippen LogP contribution in [0.25, 0.3) is 0 Å². The number of amides is 1. The smallest absolute Gasteiger partial charge is 0.238 e. The van der Waals surface area contributed by atoms with Crippen LogP contribution >= 0.6 is 0 Å². The number of likely N-dealkylation sites (N-methyl/N-ethyl adjacent to an activating group) is 1. The van der Waals surface area contributed by atoms with E-state index in [9.17, 15) is 9.90 Å². The summed E-state index contributed by atoms with van der Waals surface area (Å²) in [5.74, 6) is 0.282. The highest BCUT2D eigenvalue weighted by Crippen LogP contribution is 2.25. The lowest BCUT2D eigenvalue weighted by Gasteiger charge is -2.22. The molecule has 1 aromatic rings. The lowest BCUT2D eigenvalue weighted by molar-refractivity contribution is -0.117. The van der Waals surface area contributed by atoms with Crippen molar-refractivity contribution in [2.75, 3.05) is 44.4 Å². The van der Waals surface area contributed by atoms with Crippen LogP contribution in [0.3, 0.4) is 0 Å². The Hall–Kier alpha value is -1.59. The molecule has 2 atom stereocenters. The number of rotatable bonds is 6. The fraction of sp³-hybridized carbons (Fsp3) is 0.588. The van der Waals surface area contributed by atoms with E-state index >= 15 is 0 Å². The Morgan fingerprint density at radius 3 is 2.45 bits per heavy atom. The van der Waals surface area contributed by atoms with E-state index in [1.807, 2.05) is 55.2 Å².